The topological polar surface area (TPSA) is 18.8 Å². The molecule has 136 valence electrons. The highest BCUT2D eigenvalue weighted by atomic mass is 15.4. The van der Waals surface area contributed by atoms with E-state index in [1.165, 1.54) is 22.4 Å². The first-order valence-corrected chi connectivity index (χ1v) is 9.41. The molecule has 1 aliphatic rings. The van der Waals surface area contributed by atoms with E-state index >= 15 is 0 Å². The molecule has 0 aromatic heterocycles. The van der Waals surface area contributed by atoms with Gasteiger partial charge in [-0.2, -0.15) is 0 Å². The molecule has 0 spiro atoms. The molecule has 0 atom stereocenters. The number of hydrogen-bond acceptors (Lipinski definition) is 3. The van der Waals surface area contributed by atoms with Gasteiger partial charge in [0.05, 0.1) is 13.3 Å². The molecule has 0 unspecified atom stereocenters. The summed E-state index contributed by atoms with van der Waals surface area (Å²) in [5.41, 5.74) is 6.25. The molecule has 27 heavy (non-hydrogen) atoms. The van der Waals surface area contributed by atoms with Crippen molar-refractivity contribution in [3.63, 3.8) is 0 Å². The van der Waals surface area contributed by atoms with Gasteiger partial charge in [0, 0.05) is 17.8 Å². The number of amidine groups is 1. The van der Waals surface area contributed by atoms with Gasteiger partial charge in [-0.05, 0) is 36.6 Å². The van der Waals surface area contributed by atoms with E-state index in [1.54, 1.807) is 0 Å². The van der Waals surface area contributed by atoms with Crippen LogP contribution in [0.25, 0.3) is 0 Å². The summed E-state index contributed by atoms with van der Waals surface area (Å²) in [5, 5.41) is 0. The van der Waals surface area contributed by atoms with Gasteiger partial charge in [-0.15, -0.1) is 0 Å². The lowest BCUT2D eigenvalue weighted by Crippen LogP contribution is -2.46. The van der Waals surface area contributed by atoms with Gasteiger partial charge in [0.15, 0.2) is 0 Å². The van der Waals surface area contributed by atoms with Crippen LogP contribution in [0.15, 0.2) is 83.9 Å². The second-order valence-corrected chi connectivity index (χ2v) is 7.16. The van der Waals surface area contributed by atoms with E-state index < -0.39 is 0 Å². The SMILES string of the molecule is Cc1ccc(C)c(N2CN(Cc3ccccc3)CN=C2c2ccccc2)c1. The maximum atomic E-state index is 4.97. The highest BCUT2D eigenvalue weighted by Crippen LogP contribution is 2.26. The number of benzene rings is 3. The van der Waals surface area contributed by atoms with Crippen molar-refractivity contribution in [3.8, 4) is 0 Å². The van der Waals surface area contributed by atoms with Crippen LogP contribution < -0.4 is 4.90 Å². The molecular weight excluding hydrogens is 330 g/mol. The van der Waals surface area contributed by atoms with Crippen molar-refractivity contribution < 1.29 is 0 Å². The third-order valence-electron chi connectivity index (χ3n) is 4.95. The summed E-state index contributed by atoms with van der Waals surface area (Å²) in [6.07, 6.45) is 0. The maximum Gasteiger partial charge on any atom is 0.137 e. The van der Waals surface area contributed by atoms with E-state index in [0.29, 0.717) is 6.67 Å². The van der Waals surface area contributed by atoms with Crippen molar-refractivity contribution in [1.29, 1.82) is 0 Å². The average Bonchev–Trinajstić information content (AvgIpc) is 2.71. The van der Waals surface area contributed by atoms with E-state index in [2.05, 4.69) is 103 Å². The van der Waals surface area contributed by atoms with Crippen LogP contribution in [-0.4, -0.2) is 24.1 Å². The van der Waals surface area contributed by atoms with Crippen LogP contribution in [0.2, 0.25) is 0 Å². The van der Waals surface area contributed by atoms with Crippen LogP contribution in [0.4, 0.5) is 5.69 Å². The van der Waals surface area contributed by atoms with Crippen molar-refractivity contribution in [3.05, 3.63) is 101 Å². The fourth-order valence-electron chi connectivity index (χ4n) is 3.54. The predicted molar refractivity (Wildman–Crippen MR) is 113 cm³/mol. The summed E-state index contributed by atoms with van der Waals surface area (Å²) in [6.45, 7) is 6.75. The molecule has 1 heterocycles. The van der Waals surface area contributed by atoms with Gasteiger partial charge >= 0.3 is 0 Å². The quantitative estimate of drug-likeness (QED) is 0.657. The Morgan fingerprint density at radius 3 is 2.30 bits per heavy atom. The highest BCUT2D eigenvalue weighted by Gasteiger charge is 2.24. The number of nitrogens with zero attached hydrogens (tertiary/aromatic N) is 3. The lowest BCUT2D eigenvalue weighted by atomic mass is 10.1. The van der Waals surface area contributed by atoms with Crippen LogP contribution in [0.1, 0.15) is 22.3 Å². The zero-order valence-corrected chi connectivity index (χ0v) is 16.0. The van der Waals surface area contributed by atoms with Crippen LogP contribution in [0.5, 0.6) is 0 Å². The van der Waals surface area contributed by atoms with Gasteiger partial charge in [-0.25, -0.2) is 0 Å². The van der Waals surface area contributed by atoms with Gasteiger partial charge < -0.3 is 4.90 Å². The molecule has 3 nitrogen and oxygen atoms in total. The molecular formula is C24H25N3. The summed E-state index contributed by atoms with van der Waals surface area (Å²) in [5.74, 6) is 1.05. The molecule has 0 radical (unpaired) electrons. The number of aryl methyl sites for hydroxylation is 2. The number of hydrogen-bond donors (Lipinski definition) is 0. The van der Waals surface area contributed by atoms with E-state index in [1.807, 2.05) is 0 Å². The highest BCUT2D eigenvalue weighted by molar-refractivity contribution is 6.10. The minimum Gasteiger partial charge on any atom is -0.312 e. The molecule has 0 fully saturated rings. The van der Waals surface area contributed by atoms with Crippen molar-refractivity contribution in [2.24, 2.45) is 4.99 Å². The second kappa shape index (κ2) is 7.77. The van der Waals surface area contributed by atoms with E-state index in [0.717, 1.165) is 24.6 Å². The van der Waals surface area contributed by atoms with Crippen molar-refractivity contribution in [1.82, 2.24) is 4.90 Å². The summed E-state index contributed by atoms with van der Waals surface area (Å²) in [6, 6.07) is 27.7. The Morgan fingerprint density at radius 2 is 1.56 bits per heavy atom. The summed E-state index contributed by atoms with van der Waals surface area (Å²) in [4.78, 5) is 9.70. The summed E-state index contributed by atoms with van der Waals surface area (Å²) < 4.78 is 0. The monoisotopic (exact) mass is 355 g/mol. The zero-order valence-electron chi connectivity index (χ0n) is 16.0. The third-order valence-corrected chi connectivity index (χ3v) is 4.95. The zero-order chi connectivity index (χ0) is 18.6. The molecule has 3 aromatic rings. The van der Waals surface area contributed by atoms with Crippen LogP contribution >= 0.6 is 0 Å². The molecule has 0 saturated carbocycles. The minimum absolute atomic E-state index is 0.709. The Bertz CT molecular complexity index is 932. The van der Waals surface area contributed by atoms with Crippen molar-refractivity contribution in [2.75, 3.05) is 18.2 Å². The summed E-state index contributed by atoms with van der Waals surface area (Å²) in [7, 11) is 0. The van der Waals surface area contributed by atoms with E-state index in [9.17, 15) is 0 Å². The lowest BCUT2D eigenvalue weighted by Gasteiger charge is -2.37. The molecule has 0 amide bonds. The lowest BCUT2D eigenvalue weighted by molar-refractivity contribution is 0.273. The molecule has 0 aliphatic carbocycles. The van der Waals surface area contributed by atoms with Gasteiger partial charge in [0.2, 0.25) is 0 Å². The fourth-order valence-corrected chi connectivity index (χ4v) is 3.54. The average molecular weight is 355 g/mol. The molecule has 1 aliphatic heterocycles. The number of aliphatic imine (C=N–C) groups is 1. The first-order chi connectivity index (χ1) is 13.2. The normalized spacial score (nSPS) is 14.9. The van der Waals surface area contributed by atoms with E-state index in [-0.39, 0.29) is 0 Å². The van der Waals surface area contributed by atoms with Gasteiger partial charge in [-0.1, -0.05) is 72.8 Å². The fraction of sp³-hybridized carbons (Fsp3) is 0.208. The molecule has 4 rings (SSSR count). The number of anilines is 1. The van der Waals surface area contributed by atoms with Crippen LogP contribution in [-0.2, 0) is 6.54 Å². The largest absolute Gasteiger partial charge is 0.312 e. The first-order valence-electron chi connectivity index (χ1n) is 9.41. The Labute approximate surface area is 161 Å². The Hall–Kier alpha value is -2.91. The Balaban J connectivity index is 1.70. The molecule has 0 saturated heterocycles. The van der Waals surface area contributed by atoms with Crippen LogP contribution in [0.3, 0.4) is 0 Å². The molecule has 3 aromatic carbocycles. The number of rotatable bonds is 4. The van der Waals surface area contributed by atoms with Crippen molar-refractivity contribution in [2.45, 2.75) is 20.4 Å². The molecule has 0 N–H and O–H groups in total. The summed E-state index contributed by atoms with van der Waals surface area (Å²) >= 11 is 0. The maximum absolute atomic E-state index is 4.97. The smallest absolute Gasteiger partial charge is 0.137 e. The molecule has 3 heteroatoms. The standard InChI is InChI=1S/C24H25N3/c1-19-13-14-20(2)23(15-19)27-18-26(16-21-9-5-3-6-10-21)17-25-24(27)22-11-7-4-8-12-22/h3-15H,16-18H2,1-2H3. The third kappa shape index (κ3) is 3.93. The Kier molecular flexibility index (Phi) is 5.03. The van der Waals surface area contributed by atoms with E-state index in [4.69, 9.17) is 4.99 Å². The molecule has 0 bridgehead atoms. The van der Waals surface area contributed by atoms with Crippen molar-refractivity contribution >= 4 is 11.5 Å². The van der Waals surface area contributed by atoms with Gasteiger partial charge in [0.25, 0.3) is 0 Å². The minimum atomic E-state index is 0.709. The van der Waals surface area contributed by atoms with Gasteiger partial charge in [-0.3, -0.25) is 9.89 Å². The van der Waals surface area contributed by atoms with Crippen LogP contribution in [0, 0.1) is 13.8 Å². The predicted octanol–water partition coefficient (Wildman–Crippen LogP) is 4.99. The Morgan fingerprint density at radius 1 is 0.852 bits per heavy atom. The van der Waals surface area contributed by atoms with Gasteiger partial charge in [0.1, 0.15) is 5.84 Å². The first kappa shape index (κ1) is 17.5. The second-order valence-electron chi connectivity index (χ2n) is 7.16.